The second kappa shape index (κ2) is 11.8. The van der Waals surface area contributed by atoms with Crippen LogP contribution in [0.4, 0.5) is 87.8 Å². The summed E-state index contributed by atoms with van der Waals surface area (Å²) in [5.41, 5.74) is 0. The first-order chi connectivity index (χ1) is 16.7. The van der Waals surface area contributed by atoms with E-state index < -0.39 is 68.6 Å². The summed E-state index contributed by atoms with van der Waals surface area (Å²) >= 11 is -0.568. The zero-order chi connectivity index (χ0) is 31.8. The zero-order valence-corrected chi connectivity index (χ0v) is 20.7. The quantitative estimate of drug-likeness (QED) is 0.0851. The van der Waals surface area contributed by atoms with Gasteiger partial charge in [-0.05, 0) is 45.2 Å². The van der Waals surface area contributed by atoms with Crippen molar-refractivity contribution >= 4 is 45.2 Å². The largest absolute Gasteiger partial charge is 0.529 e. The molecule has 232 valence electrons. The molecule has 0 radical (unpaired) electrons. The Bertz CT molecular complexity index is 856. The topological polar surface area (TPSA) is 46.2 Å². The Morgan fingerprint density at radius 1 is 0.410 bits per heavy atom. The molecule has 0 heterocycles. The maximum atomic E-state index is 14.0. The zero-order valence-electron chi connectivity index (χ0n) is 16.4. The molecule has 5 nitrogen and oxygen atoms in total. The Morgan fingerprint density at radius 2 is 0.641 bits per heavy atom. The molecule has 0 saturated carbocycles. The second-order valence-electron chi connectivity index (χ2n) is 5.69. The number of halogens is 22. The van der Waals surface area contributed by atoms with E-state index in [4.69, 9.17) is 0 Å². The van der Waals surface area contributed by atoms with Gasteiger partial charge in [-0.25, -0.2) is 9.47 Å². The Hall–Kier alpha value is -0.820. The first-order valence-electron chi connectivity index (χ1n) is 7.70. The standard InChI is InChI=1S/C12F20I2O5/c13-3(33)1(5(15,16)7(19,20)36-11(29,30)38-9(23,24)25)35-2(4(14)34)6(17,18)8(21,22)37-12(31,32)39-10(26,27)28. The fourth-order valence-corrected chi connectivity index (χ4v) is 2.44. The molecular weight excluding hydrogens is 858 g/mol. The highest BCUT2D eigenvalue weighted by molar-refractivity contribution is 14.1. The molecular formula is C12F20I2O5. The van der Waals surface area contributed by atoms with Crippen LogP contribution in [0, 0.1) is 0 Å². The average molecular weight is 858 g/mol. The minimum Gasteiger partial charge on any atom is -0.445 e. The van der Waals surface area contributed by atoms with Crippen LogP contribution >= 0.6 is 45.2 Å². The Kier molecular flexibility index (Phi) is 11.6. The van der Waals surface area contributed by atoms with Gasteiger partial charge in [0.05, 0.1) is 0 Å². The van der Waals surface area contributed by atoms with Crippen LogP contribution < -0.4 is 0 Å². The molecule has 0 aliphatic heterocycles. The van der Waals surface area contributed by atoms with Crippen LogP contribution in [-0.4, -0.2) is 49.4 Å². The van der Waals surface area contributed by atoms with E-state index in [1.165, 1.54) is 0 Å². The van der Waals surface area contributed by atoms with Crippen LogP contribution in [0.15, 0.2) is 19.2 Å². The summed E-state index contributed by atoms with van der Waals surface area (Å²) in [6.07, 6.45) is -41.3. The summed E-state index contributed by atoms with van der Waals surface area (Å²) in [4.78, 5) is 0. The van der Waals surface area contributed by atoms with Crippen molar-refractivity contribution < 1.29 is 111 Å². The van der Waals surface area contributed by atoms with Crippen LogP contribution in [-0.2, 0) is 23.7 Å². The average Bonchev–Trinajstić information content (AvgIpc) is 2.53. The molecule has 0 aliphatic carbocycles. The van der Waals surface area contributed by atoms with Crippen LogP contribution in [0.25, 0.3) is 0 Å². The predicted octanol–water partition coefficient (Wildman–Crippen LogP) is 8.81. The number of rotatable bonds is 12. The number of hydrogen-bond acceptors (Lipinski definition) is 5. The van der Waals surface area contributed by atoms with Gasteiger partial charge in [0.1, 0.15) is 0 Å². The smallest absolute Gasteiger partial charge is 0.445 e. The first-order valence-corrected chi connectivity index (χ1v) is 9.86. The summed E-state index contributed by atoms with van der Waals surface area (Å²) in [6.45, 7) is 0. The van der Waals surface area contributed by atoms with Crippen LogP contribution in [0.3, 0.4) is 0 Å². The molecule has 27 heteroatoms. The summed E-state index contributed by atoms with van der Waals surface area (Å²) in [5.74, 6) is -22.1. The fourth-order valence-electron chi connectivity index (χ4n) is 1.55. The van der Waals surface area contributed by atoms with Crippen LogP contribution in [0.1, 0.15) is 0 Å². The number of alkyl halides is 18. The molecule has 0 spiro atoms. The van der Waals surface area contributed by atoms with Gasteiger partial charge in [-0.15, -0.1) is 43.9 Å². The van der Waals surface area contributed by atoms with Crippen molar-refractivity contribution in [3.05, 3.63) is 19.2 Å². The number of ether oxygens (including phenoxy) is 5. The summed E-state index contributed by atoms with van der Waals surface area (Å²) in [6, 6.07) is 0. The lowest BCUT2D eigenvalue weighted by molar-refractivity contribution is -0.548. The molecule has 0 atom stereocenters. The highest BCUT2D eigenvalue weighted by Gasteiger charge is 2.72. The van der Waals surface area contributed by atoms with Gasteiger partial charge in [0.2, 0.25) is 19.2 Å². The van der Waals surface area contributed by atoms with Crippen molar-refractivity contribution in [2.75, 3.05) is 0 Å². The molecule has 0 fully saturated rings. The molecule has 0 bridgehead atoms. The third kappa shape index (κ3) is 10.8. The Balaban J connectivity index is 6.55. The lowest BCUT2D eigenvalue weighted by Gasteiger charge is -2.33. The molecule has 0 aromatic carbocycles. The highest BCUT2D eigenvalue weighted by Crippen LogP contribution is 2.52. The van der Waals surface area contributed by atoms with Gasteiger partial charge in [0.15, 0.2) is 0 Å². The van der Waals surface area contributed by atoms with Gasteiger partial charge in [-0.1, -0.05) is 0 Å². The normalized spacial score (nSPS) is 16.7. The van der Waals surface area contributed by atoms with Crippen molar-refractivity contribution in [2.24, 2.45) is 0 Å². The maximum absolute atomic E-state index is 14.0. The van der Waals surface area contributed by atoms with E-state index in [1.54, 1.807) is 18.9 Å². The van der Waals surface area contributed by atoms with Crippen molar-refractivity contribution in [1.82, 2.24) is 0 Å². The molecule has 0 unspecified atom stereocenters. The maximum Gasteiger partial charge on any atom is 0.529 e. The predicted molar refractivity (Wildman–Crippen MR) is 91.5 cm³/mol. The third-order valence-corrected chi connectivity index (χ3v) is 3.79. The van der Waals surface area contributed by atoms with Gasteiger partial charge in [-0.2, -0.15) is 53.4 Å². The van der Waals surface area contributed by atoms with Gasteiger partial charge >= 0.3 is 49.4 Å². The fraction of sp³-hybridized carbons (Fsp3) is 0.667. The van der Waals surface area contributed by atoms with E-state index in [-0.39, 0.29) is 45.2 Å². The first kappa shape index (κ1) is 38.2. The number of hydrogen-bond donors (Lipinski definition) is 0. The molecule has 0 N–H and O–H groups in total. The van der Waals surface area contributed by atoms with Crippen molar-refractivity contribution in [3.63, 3.8) is 0 Å². The highest BCUT2D eigenvalue weighted by atomic mass is 127. The Labute approximate surface area is 225 Å². The van der Waals surface area contributed by atoms with Gasteiger partial charge < -0.3 is 4.74 Å². The molecule has 0 aromatic heterocycles. The minimum atomic E-state index is -7.26. The van der Waals surface area contributed by atoms with E-state index in [0.29, 0.717) is 0 Å². The molecule has 39 heavy (non-hydrogen) atoms. The van der Waals surface area contributed by atoms with Gasteiger partial charge in [0, 0.05) is 0 Å². The monoisotopic (exact) mass is 858 g/mol. The second-order valence-corrected chi connectivity index (χ2v) is 7.58. The molecule has 0 amide bonds. The lowest BCUT2D eigenvalue weighted by Crippen LogP contribution is -2.52. The molecule has 0 rings (SSSR count). The van der Waals surface area contributed by atoms with Crippen molar-refractivity contribution in [2.45, 2.75) is 49.4 Å². The van der Waals surface area contributed by atoms with Crippen molar-refractivity contribution in [3.8, 4) is 0 Å². The van der Waals surface area contributed by atoms with E-state index >= 15 is 0 Å². The van der Waals surface area contributed by atoms with E-state index in [0.717, 1.165) is 0 Å². The van der Waals surface area contributed by atoms with E-state index in [1.807, 2.05) is 0 Å². The lowest BCUT2D eigenvalue weighted by atomic mass is 10.2. The van der Waals surface area contributed by atoms with E-state index in [2.05, 4.69) is 4.74 Å². The summed E-state index contributed by atoms with van der Waals surface area (Å²) in [7, 11) is 0. The SMILES string of the molecule is FC(I)=C(OC(=C(F)I)C(F)(F)C(F)(F)OC(F)(F)OC(F)(F)F)C(F)(F)C(F)(F)OC(F)(F)OC(F)(F)F. The van der Waals surface area contributed by atoms with Crippen LogP contribution in [0.2, 0.25) is 0 Å². The summed E-state index contributed by atoms with van der Waals surface area (Å²) in [5, 5.41) is 0. The van der Waals surface area contributed by atoms with E-state index in [9.17, 15) is 87.8 Å². The minimum absolute atomic E-state index is 0.284. The van der Waals surface area contributed by atoms with Crippen molar-refractivity contribution in [1.29, 1.82) is 0 Å². The van der Waals surface area contributed by atoms with Gasteiger partial charge in [-0.3, -0.25) is 0 Å². The summed E-state index contributed by atoms with van der Waals surface area (Å²) < 4.78 is 262. The Morgan fingerprint density at radius 3 is 0.821 bits per heavy atom. The molecule has 0 aliphatic rings. The molecule has 0 aromatic rings. The third-order valence-electron chi connectivity index (χ3n) is 2.81. The van der Waals surface area contributed by atoms with Gasteiger partial charge in [0.25, 0.3) is 0 Å². The van der Waals surface area contributed by atoms with Crippen LogP contribution in [0.5, 0.6) is 0 Å². The molecule has 0 saturated heterocycles.